The van der Waals surface area contributed by atoms with Gasteiger partial charge in [0.2, 0.25) is 0 Å². The van der Waals surface area contributed by atoms with Crippen molar-refractivity contribution in [2.75, 3.05) is 0 Å². The van der Waals surface area contributed by atoms with Crippen LogP contribution >= 0.6 is 10.7 Å². The molecule has 0 aliphatic carbocycles. The number of nitrogens with one attached hydrogen (secondary N) is 1. The molecule has 0 fully saturated rings. The molecule has 0 bridgehead atoms. The molecule has 0 saturated carbocycles. The second-order valence-corrected chi connectivity index (χ2v) is 6.07. The molecule has 7 nitrogen and oxygen atoms in total. The molecule has 0 amide bonds. The predicted octanol–water partition coefficient (Wildman–Crippen LogP) is 1.18. The van der Waals surface area contributed by atoms with Gasteiger partial charge < -0.3 is 0 Å². The van der Waals surface area contributed by atoms with E-state index in [4.69, 9.17) is 10.7 Å². The molecule has 0 radical (unpaired) electrons. The number of rotatable bonds is 4. The lowest BCUT2D eigenvalue weighted by atomic mass is 10.3. The SMILES string of the molecule is CCc1cc(-c2n[nH]c(S(=O)(=O)Cl)n2)n(CC)n1. The maximum absolute atomic E-state index is 11.1. The number of H-pyrrole nitrogens is 1. The maximum atomic E-state index is 11.1. The van der Waals surface area contributed by atoms with Gasteiger partial charge in [-0.1, -0.05) is 6.92 Å². The summed E-state index contributed by atoms with van der Waals surface area (Å²) >= 11 is 0. The molecule has 9 heteroatoms. The molecule has 18 heavy (non-hydrogen) atoms. The topological polar surface area (TPSA) is 93.5 Å². The van der Waals surface area contributed by atoms with Gasteiger partial charge in [0, 0.05) is 17.2 Å². The van der Waals surface area contributed by atoms with Gasteiger partial charge in [-0.25, -0.2) is 13.5 Å². The average molecular weight is 290 g/mol. The van der Waals surface area contributed by atoms with E-state index in [-0.39, 0.29) is 11.0 Å². The molecule has 2 aromatic rings. The van der Waals surface area contributed by atoms with Gasteiger partial charge in [0.25, 0.3) is 14.2 Å². The van der Waals surface area contributed by atoms with E-state index in [0.29, 0.717) is 12.2 Å². The lowest BCUT2D eigenvalue weighted by molar-refractivity contribution is 0.602. The Balaban J connectivity index is 2.48. The first-order valence-electron chi connectivity index (χ1n) is 5.39. The lowest BCUT2D eigenvalue weighted by Gasteiger charge is -1.98. The second-order valence-electron chi connectivity index (χ2n) is 3.59. The van der Waals surface area contributed by atoms with E-state index in [1.807, 2.05) is 19.9 Å². The van der Waals surface area contributed by atoms with Crippen LogP contribution in [0.3, 0.4) is 0 Å². The summed E-state index contributed by atoms with van der Waals surface area (Å²) in [6.45, 7) is 4.56. The third kappa shape index (κ3) is 2.39. The number of hydrogen-bond acceptors (Lipinski definition) is 5. The van der Waals surface area contributed by atoms with Crippen LogP contribution in [0.2, 0.25) is 0 Å². The Morgan fingerprint density at radius 3 is 2.67 bits per heavy atom. The van der Waals surface area contributed by atoms with Crippen LogP contribution in [0, 0.1) is 0 Å². The largest absolute Gasteiger partial charge is 0.296 e. The molecule has 0 aliphatic heterocycles. The van der Waals surface area contributed by atoms with Gasteiger partial charge in [-0.2, -0.15) is 15.2 Å². The van der Waals surface area contributed by atoms with Gasteiger partial charge in [-0.3, -0.25) is 4.68 Å². The van der Waals surface area contributed by atoms with E-state index < -0.39 is 9.05 Å². The van der Waals surface area contributed by atoms with Crippen molar-refractivity contribution in [3.8, 4) is 11.5 Å². The predicted molar refractivity (Wildman–Crippen MR) is 65.7 cm³/mol. The Hall–Kier alpha value is -1.41. The van der Waals surface area contributed by atoms with Gasteiger partial charge >= 0.3 is 0 Å². The van der Waals surface area contributed by atoms with Gasteiger partial charge in [0.05, 0.1) is 5.69 Å². The summed E-state index contributed by atoms with van der Waals surface area (Å²) in [5.74, 6) is 0.267. The van der Waals surface area contributed by atoms with Crippen LogP contribution in [-0.2, 0) is 22.0 Å². The molecule has 98 valence electrons. The number of aryl methyl sites for hydroxylation is 2. The molecule has 1 N–H and O–H groups in total. The van der Waals surface area contributed by atoms with Crippen LogP contribution in [0.25, 0.3) is 11.5 Å². The van der Waals surface area contributed by atoms with Gasteiger partial charge in [-0.05, 0) is 19.4 Å². The Kier molecular flexibility index (Phi) is 3.40. The van der Waals surface area contributed by atoms with Crippen LogP contribution in [-0.4, -0.2) is 33.4 Å². The summed E-state index contributed by atoms with van der Waals surface area (Å²) in [6.07, 6.45) is 0.783. The molecule has 0 aromatic carbocycles. The zero-order chi connectivity index (χ0) is 13.3. The molecule has 0 spiro atoms. The molecule has 2 aromatic heterocycles. The minimum absolute atomic E-state index is 0.267. The van der Waals surface area contributed by atoms with Crippen LogP contribution in [0.5, 0.6) is 0 Å². The van der Waals surface area contributed by atoms with Crippen molar-refractivity contribution >= 4 is 19.7 Å². The fourth-order valence-corrected chi connectivity index (χ4v) is 2.09. The number of aromatic amines is 1. The van der Waals surface area contributed by atoms with Crippen LogP contribution in [0.4, 0.5) is 0 Å². The number of nitrogens with zero attached hydrogens (tertiary/aromatic N) is 4. The van der Waals surface area contributed by atoms with E-state index in [2.05, 4.69) is 20.3 Å². The van der Waals surface area contributed by atoms with Crippen molar-refractivity contribution in [3.63, 3.8) is 0 Å². The molecule has 0 unspecified atom stereocenters. The highest BCUT2D eigenvalue weighted by Gasteiger charge is 2.19. The van der Waals surface area contributed by atoms with E-state index in [1.54, 1.807) is 4.68 Å². The Bertz CT molecular complexity index is 660. The quantitative estimate of drug-likeness (QED) is 0.853. The molecule has 0 aliphatic rings. The fraction of sp³-hybridized carbons (Fsp3) is 0.444. The molecule has 0 saturated heterocycles. The summed E-state index contributed by atoms with van der Waals surface area (Å²) < 4.78 is 23.9. The van der Waals surface area contributed by atoms with Crippen LogP contribution in [0.1, 0.15) is 19.5 Å². The first kappa shape index (κ1) is 13.0. The first-order valence-corrected chi connectivity index (χ1v) is 7.70. The summed E-state index contributed by atoms with van der Waals surface area (Å²) in [7, 11) is 1.29. The molecule has 0 atom stereocenters. The lowest BCUT2D eigenvalue weighted by Crippen LogP contribution is -2.00. The highest BCUT2D eigenvalue weighted by Crippen LogP contribution is 2.19. The second kappa shape index (κ2) is 4.69. The fourth-order valence-electron chi connectivity index (χ4n) is 1.53. The van der Waals surface area contributed by atoms with Crippen molar-refractivity contribution in [1.82, 2.24) is 25.0 Å². The summed E-state index contributed by atoms with van der Waals surface area (Å²) in [5.41, 5.74) is 1.56. The molecular formula is C9H12ClN5O2S. The van der Waals surface area contributed by atoms with Gasteiger partial charge in [0.15, 0.2) is 5.82 Å². The molecule has 2 rings (SSSR count). The first-order chi connectivity index (χ1) is 8.45. The zero-order valence-electron chi connectivity index (χ0n) is 9.88. The van der Waals surface area contributed by atoms with E-state index in [9.17, 15) is 8.42 Å². The third-order valence-corrected chi connectivity index (χ3v) is 3.50. The Labute approximate surface area is 109 Å². The summed E-state index contributed by atoms with van der Waals surface area (Å²) in [6, 6.07) is 1.83. The minimum Gasteiger partial charge on any atom is -0.262 e. The van der Waals surface area contributed by atoms with E-state index in [0.717, 1.165) is 12.1 Å². The van der Waals surface area contributed by atoms with Gasteiger partial charge in [0.1, 0.15) is 5.69 Å². The van der Waals surface area contributed by atoms with Crippen molar-refractivity contribution in [2.45, 2.75) is 32.0 Å². The summed E-state index contributed by atoms with van der Waals surface area (Å²) in [5, 5.41) is 10.1. The standard InChI is InChI=1S/C9H12ClN5O2S/c1-3-6-5-7(15(4-2)14-6)8-11-9(13-12-8)18(10,16)17/h5H,3-4H2,1-2H3,(H,11,12,13). The molecular weight excluding hydrogens is 278 g/mol. The van der Waals surface area contributed by atoms with E-state index >= 15 is 0 Å². The van der Waals surface area contributed by atoms with E-state index in [1.165, 1.54) is 0 Å². The number of hydrogen-bond donors (Lipinski definition) is 1. The van der Waals surface area contributed by atoms with Crippen molar-refractivity contribution in [1.29, 1.82) is 0 Å². The van der Waals surface area contributed by atoms with Crippen molar-refractivity contribution in [3.05, 3.63) is 11.8 Å². The van der Waals surface area contributed by atoms with Crippen molar-refractivity contribution in [2.24, 2.45) is 0 Å². The average Bonchev–Trinajstić information content (AvgIpc) is 2.94. The Morgan fingerprint density at radius 1 is 1.44 bits per heavy atom. The van der Waals surface area contributed by atoms with Crippen molar-refractivity contribution < 1.29 is 8.42 Å². The number of aromatic nitrogens is 5. The third-order valence-electron chi connectivity index (χ3n) is 2.42. The summed E-state index contributed by atoms with van der Waals surface area (Å²) in [4.78, 5) is 3.86. The molecule has 2 heterocycles. The minimum atomic E-state index is -3.89. The van der Waals surface area contributed by atoms with Gasteiger partial charge in [-0.15, -0.1) is 0 Å². The van der Waals surface area contributed by atoms with Crippen LogP contribution in [0.15, 0.2) is 11.2 Å². The maximum Gasteiger partial charge on any atom is 0.296 e. The monoisotopic (exact) mass is 289 g/mol. The Morgan fingerprint density at radius 2 is 2.17 bits per heavy atom. The highest BCUT2D eigenvalue weighted by molar-refractivity contribution is 8.13. The highest BCUT2D eigenvalue weighted by atomic mass is 35.7. The smallest absolute Gasteiger partial charge is 0.262 e. The number of halogens is 1. The van der Waals surface area contributed by atoms with Crippen LogP contribution < -0.4 is 0 Å². The zero-order valence-corrected chi connectivity index (χ0v) is 11.5. The normalized spacial score (nSPS) is 11.9.